The monoisotopic (exact) mass is 438 g/mol. The zero-order valence-electron chi connectivity index (χ0n) is 16.3. The fourth-order valence-electron chi connectivity index (χ4n) is 4.12. The minimum absolute atomic E-state index is 0.0341. The second kappa shape index (κ2) is 7.01. The van der Waals surface area contributed by atoms with Crippen LogP contribution in [-0.4, -0.2) is 5.78 Å². The van der Waals surface area contributed by atoms with Crippen LogP contribution in [0.4, 0.5) is 28.9 Å². The summed E-state index contributed by atoms with van der Waals surface area (Å²) in [7, 11) is 0. The van der Waals surface area contributed by atoms with Crippen LogP contribution in [0.2, 0.25) is 5.02 Å². The maximum absolute atomic E-state index is 14.8. The molecular formula is C22H19ClF4N2O. The molecule has 2 aromatic carbocycles. The lowest BCUT2D eigenvalue weighted by Gasteiger charge is -2.34. The number of allylic oxidation sites excluding steroid dienone is 1. The Morgan fingerprint density at radius 1 is 1.10 bits per heavy atom. The van der Waals surface area contributed by atoms with Crippen molar-refractivity contribution in [2.75, 3.05) is 10.6 Å². The van der Waals surface area contributed by atoms with Crippen LogP contribution in [0, 0.1) is 11.2 Å². The van der Waals surface area contributed by atoms with E-state index >= 15 is 0 Å². The van der Waals surface area contributed by atoms with Gasteiger partial charge in [-0.05, 0) is 42.2 Å². The Labute approximate surface area is 176 Å². The van der Waals surface area contributed by atoms with Crippen molar-refractivity contribution in [2.24, 2.45) is 5.41 Å². The molecule has 0 saturated carbocycles. The van der Waals surface area contributed by atoms with E-state index in [1.807, 2.05) is 13.8 Å². The molecular weight excluding hydrogens is 420 g/mol. The molecule has 1 atom stereocenters. The molecule has 0 bridgehead atoms. The largest absolute Gasteiger partial charge is 0.416 e. The van der Waals surface area contributed by atoms with E-state index in [2.05, 4.69) is 10.6 Å². The number of ketones is 1. The molecule has 0 saturated heterocycles. The molecule has 0 spiro atoms. The summed E-state index contributed by atoms with van der Waals surface area (Å²) in [5, 5.41) is 6.18. The number of nitrogens with one attached hydrogen (secondary N) is 2. The van der Waals surface area contributed by atoms with Crippen LogP contribution in [0.3, 0.4) is 0 Å². The molecule has 0 amide bonds. The summed E-state index contributed by atoms with van der Waals surface area (Å²) in [4.78, 5) is 13.1. The quantitative estimate of drug-likeness (QED) is 0.485. The lowest BCUT2D eigenvalue weighted by atomic mass is 9.73. The van der Waals surface area contributed by atoms with Gasteiger partial charge in [-0.2, -0.15) is 13.2 Å². The Balaban J connectivity index is 1.93. The van der Waals surface area contributed by atoms with Gasteiger partial charge in [-0.15, -0.1) is 0 Å². The number of Topliss-reactive ketones (excluding diaryl/α,β-unsaturated/α-hetero) is 1. The Morgan fingerprint density at radius 2 is 1.83 bits per heavy atom. The van der Waals surface area contributed by atoms with Crippen LogP contribution in [0.15, 0.2) is 47.7 Å². The van der Waals surface area contributed by atoms with E-state index in [-0.39, 0.29) is 33.9 Å². The van der Waals surface area contributed by atoms with Crippen LogP contribution >= 0.6 is 11.6 Å². The number of carbonyl (C=O) groups is 1. The van der Waals surface area contributed by atoms with E-state index < -0.39 is 23.6 Å². The van der Waals surface area contributed by atoms with E-state index in [1.54, 1.807) is 0 Å². The second-order valence-corrected chi connectivity index (χ2v) is 8.84. The van der Waals surface area contributed by atoms with Crippen molar-refractivity contribution in [2.45, 2.75) is 38.9 Å². The summed E-state index contributed by atoms with van der Waals surface area (Å²) < 4.78 is 54.6. The number of rotatable bonds is 1. The number of halogens is 5. The van der Waals surface area contributed by atoms with Crippen LogP contribution in [-0.2, 0) is 11.0 Å². The van der Waals surface area contributed by atoms with Gasteiger partial charge < -0.3 is 10.6 Å². The van der Waals surface area contributed by atoms with E-state index in [0.717, 1.165) is 12.1 Å². The fourth-order valence-corrected chi connectivity index (χ4v) is 4.40. The zero-order chi connectivity index (χ0) is 21.8. The van der Waals surface area contributed by atoms with Crippen molar-refractivity contribution < 1.29 is 22.4 Å². The average Bonchev–Trinajstić information content (AvgIpc) is 2.75. The Hall–Kier alpha value is -2.54. The Bertz CT molecular complexity index is 1060. The minimum Gasteiger partial charge on any atom is -0.372 e. The number of carbonyl (C=O) groups excluding carboxylic acids is 1. The van der Waals surface area contributed by atoms with Crippen LogP contribution < -0.4 is 10.6 Å². The SMILES string of the molecule is CC1(C)CC(=O)C2=C(C1)Nc1ccc(C(F)(F)F)cc1NC2c1c(F)cccc1Cl. The molecule has 3 nitrogen and oxygen atoms in total. The molecule has 2 aromatic rings. The first-order chi connectivity index (χ1) is 14.0. The molecule has 1 aliphatic carbocycles. The van der Waals surface area contributed by atoms with E-state index in [1.165, 1.54) is 24.3 Å². The smallest absolute Gasteiger partial charge is 0.372 e. The summed E-state index contributed by atoms with van der Waals surface area (Å²) in [6.45, 7) is 3.88. The van der Waals surface area contributed by atoms with Gasteiger partial charge in [0, 0.05) is 28.3 Å². The average molecular weight is 439 g/mol. The molecule has 158 valence electrons. The molecule has 8 heteroatoms. The van der Waals surface area contributed by atoms with E-state index in [4.69, 9.17) is 11.6 Å². The van der Waals surface area contributed by atoms with Crippen LogP contribution in [0.1, 0.15) is 43.9 Å². The maximum Gasteiger partial charge on any atom is 0.416 e. The molecule has 1 aliphatic heterocycles. The third-order valence-corrected chi connectivity index (χ3v) is 5.76. The number of anilines is 2. The fraction of sp³-hybridized carbons (Fsp3) is 0.318. The maximum atomic E-state index is 14.8. The molecule has 1 unspecified atom stereocenters. The summed E-state index contributed by atoms with van der Waals surface area (Å²) in [5.74, 6) is -0.839. The van der Waals surface area contributed by atoms with Crippen molar-refractivity contribution in [3.05, 3.63) is 69.6 Å². The Kier molecular flexibility index (Phi) is 4.84. The van der Waals surface area contributed by atoms with E-state index in [9.17, 15) is 22.4 Å². The highest BCUT2D eigenvalue weighted by molar-refractivity contribution is 6.31. The van der Waals surface area contributed by atoms with Gasteiger partial charge in [-0.1, -0.05) is 31.5 Å². The lowest BCUT2D eigenvalue weighted by Crippen LogP contribution is -2.31. The summed E-state index contributed by atoms with van der Waals surface area (Å²) in [6.07, 6.45) is -3.82. The predicted molar refractivity (Wildman–Crippen MR) is 108 cm³/mol. The molecule has 4 rings (SSSR count). The van der Waals surface area contributed by atoms with Crippen molar-refractivity contribution in [1.82, 2.24) is 0 Å². The van der Waals surface area contributed by atoms with Crippen molar-refractivity contribution in [3.8, 4) is 0 Å². The number of fused-ring (bicyclic) bond motifs is 1. The third kappa shape index (κ3) is 3.67. The molecule has 0 aromatic heterocycles. The van der Waals surface area contributed by atoms with Gasteiger partial charge in [0.1, 0.15) is 5.82 Å². The van der Waals surface area contributed by atoms with Crippen molar-refractivity contribution in [3.63, 3.8) is 0 Å². The number of hydrogen-bond acceptors (Lipinski definition) is 3. The highest BCUT2D eigenvalue weighted by Crippen LogP contribution is 2.47. The van der Waals surface area contributed by atoms with Gasteiger partial charge in [0.25, 0.3) is 0 Å². The van der Waals surface area contributed by atoms with Crippen molar-refractivity contribution >= 4 is 28.8 Å². The molecule has 2 aliphatic rings. The van der Waals surface area contributed by atoms with Crippen LogP contribution in [0.5, 0.6) is 0 Å². The van der Waals surface area contributed by atoms with Gasteiger partial charge in [-0.3, -0.25) is 4.79 Å². The Morgan fingerprint density at radius 3 is 2.50 bits per heavy atom. The summed E-state index contributed by atoms with van der Waals surface area (Å²) in [6, 6.07) is 6.36. The second-order valence-electron chi connectivity index (χ2n) is 8.43. The lowest BCUT2D eigenvalue weighted by molar-refractivity contribution is -0.137. The molecule has 2 N–H and O–H groups in total. The number of alkyl halides is 3. The number of benzene rings is 2. The summed E-state index contributed by atoms with van der Waals surface area (Å²) >= 11 is 6.27. The molecule has 0 radical (unpaired) electrons. The highest BCUT2D eigenvalue weighted by Gasteiger charge is 2.40. The molecule has 30 heavy (non-hydrogen) atoms. The topological polar surface area (TPSA) is 41.1 Å². The van der Waals surface area contributed by atoms with Gasteiger partial charge in [0.05, 0.1) is 23.0 Å². The van der Waals surface area contributed by atoms with Gasteiger partial charge in [-0.25, -0.2) is 4.39 Å². The molecule has 1 heterocycles. The van der Waals surface area contributed by atoms with Crippen molar-refractivity contribution in [1.29, 1.82) is 0 Å². The first-order valence-corrected chi connectivity index (χ1v) is 9.79. The van der Waals surface area contributed by atoms with Gasteiger partial charge in [0.2, 0.25) is 0 Å². The van der Waals surface area contributed by atoms with Gasteiger partial charge in [0.15, 0.2) is 5.78 Å². The first-order valence-electron chi connectivity index (χ1n) is 9.41. The minimum atomic E-state index is -4.54. The molecule has 0 fully saturated rings. The zero-order valence-corrected chi connectivity index (χ0v) is 17.0. The predicted octanol–water partition coefficient (Wildman–Crippen LogP) is 6.72. The standard InChI is InChI=1S/C22H19ClF4N2O/c1-21(2)9-16-19(17(30)10-21)20(18-12(23)4-3-5-13(18)24)29-15-8-11(22(25,26)27)6-7-14(15)28-16/h3-8,20,28-29H,9-10H2,1-2H3. The summed E-state index contributed by atoms with van der Waals surface area (Å²) in [5.41, 5.74) is 0.207. The van der Waals surface area contributed by atoms with Gasteiger partial charge >= 0.3 is 6.18 Å². The highest BCUT2D eigenvalue weighted by atomic mass is 35.5. The number of hydrogen-bond donors (Lipinski definition) is 2. The third-order valence-electron chi connectivity index (χ3n) is 5.43. The normalized spacial score (nSPS) is 20.6. The first kappa shape index (κ1) is 20.7. The van der Waals surface area contributed by atoms with Crippen LogP contribution in [0.25, 0.3) is 0 Å². The van der Waals surface area contributed by atoms with E-state index in [0.29, 0.717) is 23.4 Å².